The first-order chi connectivity index (χ1) is 9.78. The Labute approximate surface area is 120 Å². The molecular weight excluding hydrogens is 256 g/mol. The predicted molar refractivity (Wildman–Crippen MR) is 79.0 cm³/mol. The Kier molecular flexibility index (Phi) is 5.55. The molecule has 1 atom stereocenters. The van der Waals surface area contributed by atoms with Crippen LogP contribution in [0.25, 0.3) is 0 Å². The minimum atomic E-state index is 0.166. The molecule has 1 aliphatic rings. The molecule has 0 amide bonds. The SMILES string of the molecule is CCCNc1cc(N2CCCC2CO)nc(COC)n1. The number of nitrogens with one attached hydrogen (secondary N) is 1. The van der Waals surface area contributed by atoms with Crippen molar-refractivity contribution in [1.29, 1.82) is 0 Å². The first-order valence-electron chi connectivity index (χ1n) is 7.26. The summed E-state index contributed by atoms with van der Waals surface area (Å²) in [6.07, 6.45) is 3.15. The van der Waals surface area contributed by atoms with Crippen molar-refractivity contribution in [3.8, 4) is 0 Å². The smallest absolute Gasteiger partial charge is 0.158 e. The van der Waals surface area contributed by atoms with Crippen LogP contribution in [0.2, 0.25) is 0 Å². The van der Waals surface area contributed by atoms with Gasteiger partial charge in [-0.1, -0.05) is 6.92 Å². The third kappa shape index (κ3) is 3.58. The quantitative estimate of drug-likeness (QED) is 0.787. The van der Waals surface area contributed by atoms with Crippen molar-refractivity contribution in [3.63, 3.8) is 0 Å². The summed E-state index contributed by atoms with van der Waals surface area (Å²) in [6, 6.07) is 2.13. The molecule has 0 aliphatic carbocycles. The van der Waals surface area contributed by atoms with Gasteiger partial charge in [-0.05, 0) is 19.3 Å². The maximum absolute atomic E-state index is 9.46. The van der Waals surface area contributed by atoms with E-state index in [1.54, 1.807) is 7.11 Å². The second kappa shape index (κ2) is 7.40. The molecule has 112 valence electrons. The van der Waals surface area contributed by atoms with Crippen molar-refractivity contribution in [3.05, 3.63) is 11.9 Å². The fraction of sp³-hybridized carbons (Fsp3) is 0.714. The maximum atomic E-state index is 9.46. The highest BCUT2D eigenvalue weighted by Crippen LogP contribution is 2.25. The summed E-state index contributed by atoms with van der Waals surface area (Å²) in [6.45, 7) is 4.50. The average molecular weight is 280 g/mol. The predicted octanol–water partition coefficient (Wildman–Crippen LogP) is 1.41. The molecule has 0 spiro atoms. The molecule has 1 aliphatic heterocycles. The van der Waals surface area contributed by atoms with Crippen molar-refractivity contribution in [2.45, 2.75) is 38.8 Å². The molecule has 1 saturated heterocycles. The van der Waals surface area contributed by atoms with Gasteiger partial charge in [0.05, 0.1) is 12.6 Å². The zero-order valence-electron chi connectivity index (χ0n) is 12.3. The minimum absolute atomic E-state index is 0.166. The van der Waals surface area contributed by atoms with Gasteiger partial charge in [0, 0.05) is 26.3 Å². The Morgan fingerprint density at radius 3 is 3.05 bits per heavy atom. The Morgan fingerprint density at radius 2 is 2.35 bits per heavy atom. The van der Waals surface area contributed by atoms with Crippen LogP contribution in [0, 0.1) is 0 Å². The Hall–Kier alpha value is -1.40. The Bertz CT molecular complexity index is 428. The standard InChI is InChI=1S/C14H24N4O2/c1-3-6-15-12-8-14(17-13(16-12)10-20-2)18-7-4-5-11(18)9-19/h8,11,19H,3-7,9-10H2,1-2H3,(H,15,16,17). The van der Waals surface area contributed by atoms with Crippen molar-refractivity contribution in [1.82, 2.24) is 9.97 Å². The Morgan fingerprint density at radius 1 is 1.50 bits per heavy atom. The van der Waals surface area contributed by atoms with Crippen LogP contribution in [0.1, 0.15) is 32.0 Å². The third-order valence-corrected chi connectivity index (χ3v) is 3.47. The molecule has 20 heavy (non-hydrogen) atoms. The second-order valence-corrected chi connectivity index (χ2v) is 5.06. The normalized spacial score (nSPS) is 18.6. The molecule has 2 rings (SSSR count). The number of methoxy groups -OCH3 is 1. The lowest BCUT2D eigenvalue weighted by Gasteiger charge is -2.25. The molecule has 1 aromatic rings. The summed E-state index contributed by atoms with van der Waals surface area (Å²) in [5, 5.41) is 12.7. The van der Waals surface area contributed by atoms with Crippen LogP contribution in [0.3, 0.4) is 0 Å². The number of anilines is 2. The molecule has 0 aromatic carbocycles. The number of rotatable bonds is 7. The van der Waals surface area contributed by atoms with E-state index in [0.717, 1.165) is 44.0 Å². The topological polar surface area (TPSA) is 70.5 Å². The highest BCUT2D eigenvalue weighted by molar-refractivity contribution is 5.50. The number of aliphatic hydroxyl groups excluding tert-OH is 1. The van der Waals surface area contributed by atoms with E-state index in [-0.39, 0.29) is 12.6 Å². The van der Waals surface area contributed by atoms with Crippen LogP contribution in [-0.2, 0) is 11.3 Å². The van der Waals surface area contributed by atoms with Gasteiger partial charge < -0.3 is 20.1 Å². The second-order valence-electron chi connectivity index (χ2n) is 5.06. The van der Waals surface area contributed by atoms with E-state index in [1.807, 2.05) is 6.07 Å². The number of hydrogen-bond donors (Lipinski definition) is 2. The van der Waals surface area contributed by atoms with Gasteiger partial charge in [-0.15, -0.1) is 0 Å². The molecule has 1 fully saturated rings. The molecule has 0 radical (unpaired) electrons. The number of hydrogen-bond acceptors (Lipinski definition) is 6. The van der Waals surface area contributed by atoms with Crippen LogP contribution >= 0.6 is 0 Å². The van der Waals surface area contributed by atoms with Gasteiger partial charge in [-0.2, -0.15) is 0 Å². The Balaban J connectivity index is 2.23. The van der Waals surface area contributed by atoms with Crippen LogP contribution in [0.5, 0.6) is 0 Å². The summed E-state index contributed by atoms with van der Waals surface area (Å²) < 4.78 is 5.14. The van der Waals surface area contributed by atoms with E-state index in [0.29, 0.717) is 12.4 Å². The highest BCUT2D eigenvalue weighted by atomic mass is 16.5. The zero-order valence-corrected chi connectivity index (χ0v) is 12.3. The third-order valence-electron chi connectivity index (χ3n) is 3.47. The first-order valence-corrected chi connectivity index (χ1v) is 7.26. The van der Waals surface area contributed by atoms with E-state index in [2.05, 4.69) is 27.1 Å². The van der Waals surface area contributed by atoms with Crippen molar-refractivity contribution >= 4 is 11.6 Å². The van der Waals surface area contributed by atoms with E-state index in [4.69, 9.17) is 4.74 Å². The first kappa shape index (κ1) is 15.0. The van der Waals surface area contributed by atoms with Gasteiger partial charge in [0.2, 0.25) is 0 Å². The van der Waals surface area contributed by atoms with Crippen LogP contribution < -0.4 is 10.2 Å². The molecule has 6 nitrogen and oxygen atoms in total. The number of aromatic nitrogens is 2. The molecule has 0 saturated carbocycles. The lowest BCUT2D eigenvalue weighted by atomic mass is 10.2. The van der Waals surface area contributed by atoms with Gasteiger partial charge in [0.15, 0.2) is 5.82 Å². The van der Waals surface area contributed by atoms with Gasteiger partial charge in [0.25, 0.3) is 0 Å². The van der Waals surface area contributed by atoms with Crippen LogP contribution in [0.4, 0.5) is 11.6 Å². The lowest BCUT2D eigenvalue weighted by molar-refractivity contribution is 0.178. The van der Waals surface area contributed by atoms with Crippen LogP contribution in [0.15, 0.2) is 6.07 Å². The maximum Gasteiger partial charge on any atom is 0.158 e. The van der Waals surface area contributed by atoms with Gasteiger partial charge in [-0.25, -0.2) is 9.97 Å². The average Bonchev–Trinajstić information content (AvgIpc) is 2.93. The monoisotopic (exact) mass is 280 g/mol. The van der Waals surface area contributed by atoms with Crippen LogP contribution in [-0.4, -0.2) is 47.9 Å². The van der Waals surface area contributed by atoms with E-state index >= 15 is 0 Å². The van der Waals surface area contributed by atoms with E-state index in [9.17, 15) is 5.11 Å². The summed E-state index contributed by atoms with van der Waals surface area (Å²) in [5.74, 6) is 2.38. The summed E-state index contributed by atoms with van der Waals surface area (Å²) in [4.78, 5) is 11.2. The molecule has 2 heterocycles. The lowest BCUT2D eigenvalue weighted by Crippen LogP contribution is -2.33. The highest BCUT2D eigenvalue weighted by Gasteiger charge is 2.25. The molecule has 2 N–H and O–H groups in total. The largest absolute Gasteiger partial charge is 0.394 e. The zero-order chi connectivity index (χ0) is 14.4. The van der Waals surface area contributed by atoms with Crippen molar-refractivity contribution in [2.75, 3.05) is 37.0 Å². The molecule has 1 aromatic heterocycles. The molecule has 0 bridgehead atoms. The van der Waals surface area contributed by atoms with Crippen molar-refractivity contribution in [2.24, 2.45) is 0 Å². The number of aliphatic hydroxyl groups is 1. The molecular formula is C14H24N4O2. The minimum Gasteiger partial charge on any atom is -0.394 e. The van der Waals surface area contributed by atoms with E-state index < -0.39 is 0 Å². The number of ether oxygens (including phenoxy) is 1. The van der Waals surface area contributed by atoms with Gasteiger partial charge >= 0.3 is 0 Å². The van der Waals surface area contributed by atoms with E-state index in [1.165, 1.54) is 0 Å². The summed E-state index contributed by atoms with van der Waals surface area (Å²) in [7, 11) is 1.64. The fourth-order valence-corrected chi connectivity index (χ4v) is 2.49. The molecule has 1 unspecified atom stereocenters. The fourth-order valence-electron chi connectivity index (χ4n) is 2.49. The number of nitrogens with zero attached hydrogens (tertiary/aromatic N) is 3. The van der Waals surface area contributed by atoms with Crippen molar-refractivity contribution < 1.29 is 9.84 Å². The molecule has 6 heteroatoms. The van der Waals surface area contributed by atoms with Gasteiger partial charge in [-0.3, -0.25) is 0 Å². The van der Waals surface area contributed by atoms with Gasteiger partial charge in [0.1, 0.15) is 18.2 Å². The summed E-state index contributed by atoms with van der Waals surface area (Å²) >= 11 is 0. The summed E-state index contributed by atoms with van der Waals surface area (Å²) in [5.41, 5.74) is 0.